The number of halogens is 2. The molecule has 0 aliphatic heterocycles. The zero-order valence-electron chi connectivity index (χ0n) is 8.53. The van der Waals surface area contributed by atoms with Gasteiger partial charge >= 0.3 is 0 Å². The molecule has 0 unspecified atom stereocenters. The van der Waals surface area contributed by atoms with Gasteiger partial charge in [0.25, 0.3) is 0 Å². The van der Waals surface area contributed by atoms with Crippen LogP contribution in [0.3, 0.4) is 0 Å². The van der Waals surface area contributed by atoms with Gasteiger partial charge in [-0.2, -0.15) is 0 Å². The number of hydrogen-bond acceptors (Lipinski definition) is 0. The van der Waals surface area contributed by atoms with E-state index in [9.17, 15) is 4.39 Å². The lowest BCUT2D eigenvalue weighted by molar-refractivity contribution is 0.625. The summed E-state index contributed by atoms with van der Waals surface area (Å²) in [6.45, 7) is 0. The van der Waals surface area contributed by atoms with Crippen molar-refractivity contribution in [2.45, 2.75) is 0 Å². The first-order valence-corrected chi connectivity index (χ1v) is 5.32. The summed E-state index contributed by atoms with van der Waals surface area (Å²) in [6.07, 6.45) is 3.60. The SMILES string of the molecule is Fc1ccccc1C=Cc1ccc(Cl)cc1. The van der Waals surface area contributed by atoms with Crippen LogP contribution in [0.2, 0.25) is 5.02 Å². The molecule has 0 saturated carbocycles. The maximum Gasteiger partial charge on any atom is 0.130 e. The van der Waals surface area contributed by atoms with E-state index in [0.717, 1.165) is 5.56 Å². The summed E-state index contributed by atoms with van der Waals surface area (Å²) in [5.74, 6) is -0.215. The molecule has 0 N–H and O–H groups in total. The molecular weight excluding hydrogens is 223 g/mol. The lowest BCUT2D eigenvalue weighted by atomic mass is 10.1. The molecule has 2 heteroatoms. The Morgan fingerprint density at radius 2 is 1.56 bits per heavy atom. The molecule has 16 heavy (non-hydrogen) atoms. The lowest BCUT2D eigenvalue weighted by Crippen LogP contribution is -1.79. The van der Waals surface area contributed by atoms with Crippen molar-refractivity contribution in [3.63, 3.8) is 0 Å². The highest BCUT2D eigenvalue weighted by atomic mass is 35.5. The Balaban J connectivity index is 2.21. The molecule has 2 aromatic rings. The molecular formula is C14H10ClF. The van der Waals surface area contributed by atoms with Crippen LogP contribution in [0.5, 0.6) is 0 Å². The molecule has 0 spiro atoms. The molecule has 0 amide bonds. The second-order valence-corrected chi connectivity index (χ2v) is 3.84. The summed E-state index contributed by atoms with van der Waals surface area (Å²) in [5, 5.41) is 0.697. The van der Waals surface area contributed by atoms with E-state index < -0.39 is 0 Å². The van der Waals surface area contributed by atoms with E-state index in [1.54, 1.807) is 18.2 Å². The molecule has 0 aliphatic carbocycles. The second kappa shape index (κ2) is 4.95. The standard InChI is InChI=1S/C14H10ClF/c15-13-9-6-11(7-10-13)5-8-12-3-1-2-4-14(12)16/h1-10H. The summed E-state index contributed by atoms with van der Waals surface area (Å²) in [7, 11) is 0. The van der Waals surface area contributed by atoms with Crippen molar-refractivity contribution in [2.24, 2.45) is 0 Å². The van der Waals surface area contributed by atoms with Gasteiger partial charge in [-0.3, -0.25) is 0 Å². The van der Waals surface area contributed by atoms with Crippen LogP contribution in [0.1, 0.15) is 11.1 Å². The normalized spacial score (nSPS) is 10.9. The Morgan fingerprint density at radius 1 is 0.875 bits per heavy atom. The third-order valence-electron chi connectivity index (χ3n) is 2.23. The van der Waals surface area contributed by atoms with Crippen LogP contribution in [-0.4, -0.2) is 0 Å². The third-order valence-corrected chi connectivity index (χ3v) is 2.48. The first kappa shape index (κ1) is 10.9. The van der Waals surface area contributed by atoms with Crippen molar-refractivity contribution in [1.82, 2.24) is 0 Å². The highest BCUT2D eigenvalue weighted by Crippen LogP contribution is 2.14. The maximum atomic E-state index is 13.3. The third kappa shape index (κ3) is 2.71. The van der Waals surface area contributed by atoms with Gasteiger partial charge in [-0.05, 0) is 23.8 Å². The topological polar surface area (TPSA) is 0 Å². The molecule has 0 nitrogen and oxygen atoms in total. The predicted octanol–water partition coefficient (Wildman–Crippen LogP) is 4.65. The molecule has 80 valence electrons. The molecule has 0 radical (unpaired) electrons. The summed E-state index contributed by atoms with van der Waals surface area (Å²) in [6, 6.07) is 14.1. The Morgan fingerprint density at radius 3 is 2.25 bits per heavy atom. The van der Waals surface area contributed by atoms with E-state index >= 15 is 0 Å². The van der Waals surface area contributed by atoms with Crippen molar-refractivity contribution in [3.05, 3.63) is 70.5 Å². The Kier molecular flexibility index (Phi) is 3.37. The molecule has 0 aromatic heterocycles. The molecule has 0 atom stereocenters. The van der Waals surface area contributed by atoms with Gasteiger partial charge in [-0.1, -0.05) is 54.1 Å². The van der Waals surface area contributed by atoms with Gasteiger partial charge in [0.15, 0.2) is 0 Å². The van der Waals surface area contributed by atoms with Crippen molar-refractivity contribution in [2.75, 3.05) is 0 Å². The second-order valence-electron chi connectivity index (χ2n) is 3.41. The Bertz CT molecular complexity index is 500. The molecule has 2 aromatic carbocycles. The zero-order valence-corrected chi connectivity index (χ0v) is 9.29. The minimum absolute atomic E-state index is 0.215. The van der Waals surface area contributed by atoms with E-state index in [0.29, 0.717) is 10.6 Å². The van der Waals surface area contributed by atoms with Gasteiger partial charge in [-0.25, -0.2) is 4.39 Å². The van der Waals surface area contributed by atoms with Crippen LogP contribution in [0.15, 0.2) is 48.5 Å². The summed E-state index contributed by atoms with van der Waals surface area (Å²) in [5.41, 5.74) is 1.57. The van der Waals surface area contributed by atoms with Gasteiger partial charge in [0.2, 0.25) is 0 Å². The molecule has 0 aliphatic rings. The van der Waals surface area contributed by atoms with Gasteiger partial charge in [0, 0.05) is 10.6 Å². The highest BCUT2D eigenvalue weighted by molar-refractivity contribution is 6.30. The number of hydrogen-bond donors (Lipinski definition) is 0. The van der Waals surface area contributed by atoms with Gasteiger partial charge in [-0.15, -0.1) is 0 Å². The van der Waals surface area contributed by atoms with Gasteiger partial charge in [0.1, 0.15) is 5.82 Å². The number of benzene rings is 2. The smallest absolute Gasteiger partial charge is 0.130 e. The fourth-order valence-corrected chi connectivity index (χ4v) is 1.50. The van der Waals surface area contributed by atoms with Crippen LogP contribution in [-0.2, 0) is 0 Å². The molecule has 0 fully saturated rings. The van der Waals surface area contributed by atoms with Crippen LogP contribution < -0.4 is 0 Å². The van der Waals surface area contributed by atoms with E-state index in [1.807, 2.05) is 36.4 Å². The fraction of sp³-hybridized carbons (Fsp3) is 0. The highest BCUT2D eigenvalue weighted by Gasteiger charge is 1.95. The molecule has 0 saturated heterocycles. The number of rotatable bonds is 2. The van der Waals surface area contributed by atoms with Crippen LogP contribution >= 0.6 is 11.6 Å². The largest absolute Gasteiger partial charge is 0.206 e. The first-order chi connectivity index (χ1) is 7.75. The average Bonchev–Trinajstić information content (AvgIpc) is 2.30. The Labute approximate surface area is 99.0 Å². The zero-order chi connectivity index (χ0) is 11.4. The minimum Gasteiger partial charge on any atom is -0.206 e. The fourth-order valence-electron chi connectivity index (χ4n) is 1.37. The monoisotopic (exact) mass is 232 g/mol. The quantitative estimate of drug-likeness (QED) is 0.662. The summed E-state index contributed by atoms with van der Waals surface area (Å²) in [4.78, 5) is 0. The first-order valence-electron chi connectivity index (χ1n) is 4.94. The minimum atomic E-state index is -0.215. The van der Waals surface area contributed by atoms with E-state index in [-0.39, 0.29) is 5.82 Å². The summed E-state index contributed by atoms with van der Waals surface area (Å²) < 4.78 is 13.3. The van der Waals surface area contributed by atoms with Gasteiger partial charge < -0.3 is 0 Å². The van der Waals surface area contributed by atoms with E-state index in [2.05, 4.69) is 0 Å². The maximum absolute atomic E-state index is 13.3. The lowest BCUT2D eigenvalue weighted by Gasteiger charge is -1.96. The molecule has 0 heterocycles. The predicted molar refractivity (Wildman–Crippen MR) is 66.8 cm³/mol. The summed E-state index contributed by atoms with van der Waals surface area (Å²) >= 11 is 5.77. The van der Waals surface area contributed by atoms with Crippen molar-refractivity contribution in [3.8, 4) is 0 Å². The van der Waals surface area contributed by atoms with Crippen LogP contribution in [0.4, 0.5) is 4.39 Å². The average molecular weight is 233 g/mol. The molecule has 0 bridgehead atoms. The van der Waals surface area contributed by atoms with E-state index in [1.165, 1.54) is 6.07 Å². The van der Waals surface area contributed by atoms with Crippen molar-refractivity contribution < 1.29 is 4.39 Å². The van der Waals surface area contributed by atoms with Crippen LogP contribution in [0, 0.1) is 5.82 Å². The van der Waals surface area contributed by atoms with Gasteiger partial charge in [0.05, 0.1) is 0 Å². The Hall–Kier alpha value is -1.60. The van der Waals surface area contributed by atoms with E-state index in [4.69, 9.17) is 11.6 Å². The van der Waals surface area contributed by atoms with Crippen molar-refractivity contribution >= 4 is 23.8 Å². The van der Waals surface area contributed by atoms with Crippen LogP contribution in [0.25, 0.3) is 12.2 Å². The van der Waals surface area contributed by atoms with Crippen molar-refractivity contribution in [1.29, 1.82) is 0 Å². The molecule has 2 rings (SSSR count).